The molecule has 2 aromatic carbocycles. The first-order valence-corrected chi connectivity index (χ1v) is 7.58. The number of aromatic carboxylic acids is 1. The van der Waals surface area contributed by atoms with Crippen LogP contribution >= 0.6 is 0 Å². The van der Waals surface area contributed by atoms with Crippen molar-refractivity contribution >= 4 is 17.4 Å². The van der Waals surface area contributed by atoms with Crippen molar-refractivity contribution < 1.29 is 9.90 Å². The number of para-hydroxylation sites is 1. The van der Waals surface area contributed by atoms with Crippen molar-refractivity contribution in [2.45, 2.75) is 33.1 Å². The van der Waals surface area contributed by atoms with Gasteiger partial charge in [-0.2, -0.15) is 0 Å². The third-order valence-electron chi connectivity index (χ3n) is 3.50. The minimum absolute atomic E-state index is 0.316. The Bertz CT molecular complexity index is 675. The number of carboxylic acid groups (broad SMARTS) is 1. The van der Waals surface area contributed by atoms with Crippen LogP contribution in [0.5, 0.6) is 0 Å². The van der Waals surface area contributed by atoms with Gasteiger partial charge in [-0.25, -0.2) is 4.79 Å². The quantitative estimate of drug-likeness (QED) is 0.762. The van der Waals surface area contributed by atoms with E-state index in [2.05, 4.69) is 6.92 Å². The van der Waals surface area contributed by atoms with Crippen LogP contribution in [-0.4, -0.2) is 16.8 Å². The third-order valence-corrected chi connectivity index (χ3v) is 3.50. The van der Waals surface area contributed by atoms with Crippen LogP contribution in [0.3, 0.4) is 0 Å². The fraction of sp³-hybridized carbons (Fsp3) is 0.263. The summed E-state index contributed by atoms with van der Waals surface area (Å²) < 4.78 is 0. The molecule has 0 aliphatic rings. The van der Waals surface area contributed by atoms with Crippen molar-refractivity contribution in [3.05, 3.63) is 65.2 Å². The molecule has 0 fully saturated rings. The van der Waals surface area contributed by atoms with Crippen LogP contribution < -0.4 is 0 Å². The fourth-order valence-electron chi connectivity index (χ4n) is 2.34. The minimum atomic E-state index is -0.910. The van der Waals surface area contributed by atoms with Gasteiger partial charge in [-0.15, -0.1) is 0 Å². The summed E-state index contributed by atoms with van der Waals surface area (Å²) in [5, 5.41) is 9.44. The molecule has 0 spiro atoms. The number of benzene rings is 2. The van der Waals surface area contributed by atoms with Gasteiger partial charge in [-0.1, -0.05) is 43.2 Å². The monoisotopic (exact) mass is 295 g/mol. The van der Waals surface area contributed by atoms with Gasteiger partial charge >= 0.3 is 5.97 Å². The predicted octanol–water partition coefficient (Wildman–Crippen LogP) is 5.00. The molecule has 0 bridgehead atoms. The van der Waals surface area contributed by atoms with E-state index in [9.17, 15) is 9.90 Å². The van der Waals surface area contributed by atoms with Crippen molar-refractivity contribution in [3.8, 4) is 0 Å². The second-order valence-electron chi connectivity index (χ2n) is 5.35. The van der Waals surface area contributed by atoms with Crippen LogP contribution in [0.15, 0.2) is 53.5 Å². The molecule has 0 aliphatic carbocycles. The van der Waals surface area contributed by atoms with Crippen LogP contribution in [0.1, 0.15) is 47.7 Å². The molecule has 3 nitrogen and oxygen atoms in total. The highest BCUT2D eigenvalue weighted by molar-refractivity contribution is 6.09. The summed E-state index contributed by atoms with van der Waals surface area (Å²) in [6.45, 7) is 4.09. The van der Waals surface area contributed by atoms with Crippen molar-refractivity contribution in [2.75, 3.05) is 0 Å². The van der Waals surface area contributed by atoms with Gasteiger partial charge in [0.25, 0.3) is 0 Å². The zero-order valence-corrected chi connectivity index (χ0v) is 13.0. The highest BCUT2D eigenvalue weighted by Gasteiger charge is 2.15. The highest BCUT2D eigenvalue weighted by Crippen LogP contribution is 2.20. The van der Waals surface area contributed by atoms with Gasteiger partial charge < -0.3 is 5.11 Å². The van der Waals surface area contributed by atoms with Gasteiger partial charge in [0.2, 0.25) is 0 Å². The van der Waals surface area contributed by atoms with Crippen LogP contribution in [0.2, 0.25) is 0 Å². The summed E-state index contributed by atoms with van der Waals surface area (Å²) in [6.07, 6.45) is 2.80. The van der Waals surface area contributed by atoms with E-state index in [-0.39, 0.29) is 0 Å². The number of nitrogens with zero attached hydrogens (tertiary/aromatic N) is 1. The first kappa shape index (κ1) is 16.0. The Balaban J connectivity index is 2.52. The van der Waals surface area contributed by atoms with Gasteiger partial charge in [-0.3, -0.25) is 4.99 Å². The van der Waals surface area contributed by atoms with Crippen LogP contribution in [0.25, 0.3) is 0 Å². The van der Waals surface area contributed by atoms with E-state index in [1.54, 1.807) is 6.07 Å². The number of carboxylic acids is 1. The van der Waals surface area contributed by atoms with E-state index in [0.717, 1.165) is 41.8 Å². The summed E-state index contributed by atoms with van der Waals surface area (Å²) in [4.78, 5) is 16.2. The van der Waals surface area contributed by atoms with Crippen molar-refractivity contribution in [1.29, 1.82) is 0 Å². The number of carbonyl (C=O) groups is 1. The molecule has 2 rings (SSSR count). The molecule has 0 saturated carbocycles. The highest BCUT2D eigenvalue weighted by atomic mass is 16.4. The Morgan fingerprint density at radius 2 is 1.82 bits per heavy atom. The lowest BCUT2D eigenvalue weighted by Gasteiger charge is -2.11. The van der Waals surface area contributed by atoms with Gasteiger partial charge in [0, 0.05) is 11.3 Å². The lowest BCUT2D eigenvalue weighted by atomic mass is 9.97. The Kier molecular flexibility index (Phi) is 5.48. The molecule has 0 aromatic heterocycles. The van der Waals surface area contributed by atoms with E-state index >= 15 is 0 Å². The smallest absolute Gasteiger partial charge is 0.336 e. The summed E-state index contributed by atoms with van der Waals surface area (Å²) in [6, 6.07) is 15.1. The largest absolute Gasteiger partial charge is 0.478 e. The number of unbranched alkanes of at least 4 members (excludes halogenated alkanes) is 1. The summed E-state index contributed by atoms with van der Waals surface area (Å²) in [5.74, 6) is -0.910. The molecule has 0 heterocycles. The predicted molar refractivity (Wildman–Crippen MR) is 90.3 cm³/mol. The first-order chi connectivity index (χ1) is 10.6. The van der Waals surface area contributed by atoms with E-state index in [4.69, 9.17) is 4.99 Å². The second-order valence-corrected chi connectivity index (χ2v) is 5.35. The number of hydrogen-bond donors (Lipinski definition) is 1. The van der Waals surface area contributed by atoms with Crippen molar-refractivity contribution in [3.63, 3.8) is 0 Å². The van der Waals surface area contributed by atoms with Crippen molar-refractivity contribution in [1.82, 2.24) is 0 Å². The summed E-state index contributed by atoms with van der Waals surface area (Å²) in [7, 11) is 0. The summed E-state index contributed by atoms with van der Waals surface area (Å²) >= 11 is 0. The molecule has 1 N–H and O–H groups in total. The van der Waals surface area contributed by atoms with E-state index in [1.807, 2.05) is 49.4 Å². The molecule has 2 aromatic rings. The zero-order valence-electron chi connectivity index (χ0n) is 13.0. The maximum absolute atomic E-state index is 11.5. The molecule has 0 radical (unpaired) electrons. The minimum Gasteiger partial charge on any atom is -0.478 e. The summed E-state index contributed by atoms with van der Waals surface area (Å²) in [5.41, 5.74) is 3.78. The maximum atomic E-state index is 11.5. The fourth-order valence-corrected chi connectivity index (χ4v) is 2.34. The molecular weight excluding hydrogens is 274 g/mol. The molecule has 0 aliphatic heterocycles. The molecule has 114 valence electrons. The lowest BCUT2D eigenvalue weighted by molar-refractivity contribution is 0.0696. The van der Waals surface area contributed by atoms with Crippen LogP contribution in [-0.2, 0) is 0 Å². The SMILES string of the molecule is CCCCC(=Nc1ccccc1)c1cc(C)ccc1C(=O)O. The Labute approximate surface area is 131 Å². The number of hydrogen-bond acceptors (Lipinski definition) is 2. The molecule has 0 unspecified atom stereocenters. The molecular formula is C19H21NO2. The third kappa shape index (κ3) is 4.04. The average molecular weight is 295 g/mol. The molecule has 0 atom stereocenters. The van der Waals surface area contributed by atoms with Crippen molar-refractivity contribution in [2.24, 2.45) is 4.99 Å². The molecule has 0 amide bonds. The Morgan fingerprint density at radius 1 is 1.09 bits per heavy atom. The molecule has 3 heteroatoms. The normalized spacial score (nSPS) is 11.5. The average Bonchev–Trinajstić information content (AvgIpc) is 2.52. The standard InChI is InChI=1S/C19H21NO2/c1-3-4-10-18(20-15-8-6-5-7-9-15)17-13-14(2)11-12-16(17)19(21)22/h5-9,11-13H,3-4,10H2,1-2H3,(H,21,22). The van der Waals surface area contributed by atoms with Gasteiger partial charge in [0.15, 0.2) is 0 Å². The van der Waals surface area contributed by atoms with E-state index in [0.29, 0.717) is 5.56 Å². The zero-order chi connectivity index (χ0) is 15.9. The molecule has 22 heavy (non-hydrogen) atoms. The Hall–Kier alpha value is -2.42. The van der Waals surface area contributed by atoms with Crippen LogP contribution in [0.4, 0.5) is 5.69 Å². The Morgan fingerprint density at radius 3 is 2.45 bits per heavy atom. The van der Waals surface area contributed by atoms with Gasteiger partial charge in [0.05, 0.1) is 11.3 Å². The first-order valence-electron chi connectivity index (χ1n) is 7.58. The number of aliphatic imine (C=N–C) groups is 1. The number of aryl methyl sites for hydroxylation is 1. The number of rotatable bonds is 6. The lowest BCUT2D eigenvalue weighted by Crippen LogP contribution is -2.10. The topological polar surface area (TPSA) is 49.7 Å². The van der Waals surface area contributed by atoms with Gasteiger partial charge in [-0.05, 0) is 44.0 Å². The van der Waals surface area contributed by atoms with E-state index < -0.39 is 5.97 Å². The maximum Gasteiger partial charge on any atom is 0.336 e. The van der Waals surface area contributed by atoms with Gasteiger partial charge in [0.1, 0.15) is 0 Å². The second kappa shape index (κ2) is 7.55. The van der Waals surface area contributed by atoms with E-state index in [1.165, 1.54) is 0 Å². The molecule has 0 saturated heterocycles. The van der Waals surface area contributed by atoms with Crippen LogP contribution in [0, 0.1) is 6.92 Å².